The van der Waals surface area contributed by atoms with Gasteiger partial charge >= 0.3 is 5.69 Å². The van der Waals surface area contributed by atoms with Gasteiger partial charge in [0, 0.05) is 12.5 Å². The monoisotopic (exact) mass is 298 g/mol. The van der Waals surface area contributed by atoms with E-state index in [9.17, 15) is 10.1 Å². The Morgan fingerprint density at radius 2 is 1.86 bits per heavy atom. The molecule has 0 N–H and O–H groups in total. The number of hydrogen-bond acceptors (Lipinski definition) is 5. The Morgan fingerprint density at radius 1 is 1.09 bits per heavy atom. The molecule has 2 aromatic carbocycles. The Hall–Kier alpha value is -3.07. The molecular weight excluding hydrogens is 284 g/mol. The third-order valence-electron chi connectivity index (χ3n) is 2.84. The molecule has 0 saturated heterocycles. The van der Waals surface area contributed by atoms with Crippen LogP contribution in [0.15, 0.2) is 48.5 Å². The van der Waals surface area contributed by atoms with E-state index in [2.05, 4.69) is 0 Å². The lowest BCUT2D eigenvalue weighted by atomic mass is 10.2. The third-order valence-corrected chi connectivity index (χ3v) is 2.84. The van der Waals surface area contributed by atoms with E-state index in [1.807, 2.05) is 6.07 Å². The lowest BCUT2D eigenvalue weighted by Crippen LogP contribution is -2.06. The first-order valence-electron chi connectivity index (χ1n) is 6.70. The van der Waals surface area contributed by atoms with Crippen molar-refractivity contribution in [3.63, 3.8) is 0 Å². The van der Waals surface area contributed by atoms with Gasteiger partial charge in [0.05, 0.1) is 29.8 Å². The van der Waals surface area contributed by atoms with Gasteiger partial charge in [0.2, 0.25) is 0 Å². The molecule has 0 aliphatic rings. The fraction of sp³-hybridized carbons (Fsp3) is 0.188. The molecule has 2 rings (SSSR count). The highest BCUT2D eigenvalue weighted by Crippen LogP contribution is 2.25. The summed E-state index contributed by atoms with van der Waals surface area (Å²) in [6.07, 6.45) is 0.572. The van der Waals surface area contributed by atoms with Gasteiger partial charge in [0.15, 0.2) is 5.75 Å². The molecule has 0 atom stereocenters. The largest absolute Gasteiger partial charge is 0.493 e. The van der Waals surface area contributed by atoms with Gasteiger partial charge in [0.1, 0.15) is 5.75 Å². The van der Waals surface area contributed by atoms with Crippen LogP contribution in [0.5, 0.6) is 11.5 Å². The summed E-state index contributed by atoms with van der Waals surface area (Å²) in [5.74, 6) is 0.865. The minimum atomic E-state index is -0.473. The van der Waals surface area contributed by atoms with Crippen LogP contribution in [0, 0.1) is 21.4 Å². The predicted molar refractivity (Wildman–Crippen MR) is 79.9 cm³/mol. The van der Waals surface area contributed by atoms with Crippen molar-refractivity contribution in [1.82, 2.24) is 0 Å². The molecule has 0 radical (unpaired) electrons. The molecule has 0 aliphatic carbocycles. The van der Waals surface area contributed by atoms with Crippen LogP contribution in [0.4, 0.5) is 5.69 Å². The van der Waals surface area contributed by atoms with Crippen molar-refractivity contribution in [2.24, 2.45) is 0 Å². The van der Waals surface area contributed by atoms with Gasteiger partial charge in [0.25, 0.3) is 0 Å². The molecule has 0 aromatic heterocycles. The Kier molecular flexibility index (Phi) is 5.32. The number of rotatable bonds is 7. The standard InChI is InChI=1S/C16H14N2O4/c17-12-13-5-3-6-14(11-13)21-9-4-10-22-16-8-2-1-7-15(16)18(19)20/h1-3,5-8,11H,4,9-10H2. The van der Waals surface area contributed by atoms with Gasteiger partial charge in [-0.1, -0.05) is 18.2 Å². The van der Waals surface area contributed by atoms with Crippen molar-refractivity contribution < 1.29 is 14.4 Å². The normalized spacial score (nSPS) is 9.77. The minimum Gasteiger partial charge on any atom is -0.493 e. The number of hydrogen-bond donors (Lipinski definition) is 0. The Balaban J connectivity index is 1.78. The molecule has 0 bridgehead atoms. The number of nitro groups is 1. The van der Waals surface area contributed by atoms with Crippen LogP contribution in [0.1, 0.15) is 12.0 Å². The van der Waals surface area contributed by atoms with Crippen LogP contribution in [0.3, 0.4) is 0 Å². The minimum absolute atomic E-state index is 0.0508. The highest BCUT2D eigenvalue weighted by atomic mass is 16.6. The average molecular weight is 298 g/mol. The molecule has 0 saturated carbocycles. The van der Waals surface area contributed by atoms with E-state index in [4.69, 9.17) is 14.7 Å². The quantitative estimate of drug-likeness (QED) is 0.444. The zero-order valence-electron chi connectivity index (χ0n) is 11.8. The van der Waals surface area contributed by atoms with Crippen LogP contribution in [-0.4, -0.2) is 18.1 Å². The molecule has 112 valence electrons. The van der Waals surface area contributed by atoms with E-state index in [0.29, 0.717) is 30.9 Å². The summed E-state index contributed by atoms with van der Waals surface area (Å²) in [6.45, 7) is 0.707. The van der Waals surface area contributed by atoms with Crippen LogP contribution in [0.2, 0.25) is 0 Å². The predicted octanol–water partition coefficient (Wildman–Crippen LogP) is 3.31. The summed E-state index contributed by atoms with van der Waals surface area (Å²) in [5, 5.41) is 19.6. The molecule has 0 aliphatic heterocycles. The van der Waals surface area contributed by atoms with Gasteiger partial charge in [-0.3, -0.25) is 10.1 Å². The lowest BCUT2D eigenvalue weighted by Gasteiger charge is -2.08. The summed E-state index contributed by atoms with van der Waals surface area (Å²) >= 11 is 0. The number of benzene rings is 2. The van der Waals surface area contributed by atoms with E-state index < -0.39 is 4.92 Å². The van der Waals surface area contributed by atoms with E-state index in [0.717, 1.165) is 0 Å². The van der Waals surface area contributed by atoms with Crippen molar-refractivity contribution in [1.29, 1.82) is 5.26 Å². The molecule has 0 unspecified atom stereocenters. The summed E-state index contributed by atoms with van der Waals surface area (Å²) in [7, 11) is 0. The molecule has 6 heteroatoms. The van der Waals surface area contributed by atoms with E-state index in [1.54, 1.807) is 42.5 Å². The Morgan fingerprint density at radius 3 is 2.64 bits per heavy atom. The maximum atomic E-state index is 10.8. The topological polar surface area (TPSA) is 85.4 Å². The summed E-state index contributed by atoms with van der Waals surface area (Å²) < 4.78 is 10.9. The second-order valence-corrected chi connectivity index (χ2v) is 4.41. The average Bonchev–Trinajstić information content (AvgIpc) is 2.55. The van der Waals surface area contributed by atoms with Crippen molar-refractivity contribution in [2.45, 2.75) is 6.42 Å². The number of nitriles is 1. The van der Waals surface area contributed by atoms with Crippen molar-refractivity contribution >= 4 is 5.69 Å². The van der Waals surface area contributed by atoms with Crippen molar-refractivity contribution in [3.05, 3.63) is 64.2 Å². The van der Waals surface area contributed by atoms with Crippen LogP contribution in [-0.2, 0) is 0 Å². The smallest absolute Gasteiger partial charge is 0.310 e. The Bertz CT molecular complexity index is 695. The van der Waals surface area contributed by atoms with Gasteiger partial charge < -0.3 is 9.47 Å². The first-order chi connectivity index (χ1) is 10.7. The maximum absolute atomic E-state index is 10.8. The third kappa shape index (κ3) is 4.21. The molecule has 0 heterocycles. The van der Waals surface area contributed by atoms with Gasteiger partial charge in [-0.15, -0.1) is 0 Å². The molecule has 6 nitrogen and oxygen atoms in total. The lowest BCUT2D eigenvalue weighted by molar-refractivity contribution is -0.385. The van der Waals surface area contributed by atoms with Crippen molar-refractivity contribution in [3.8, 4) is 17.6 Å². The summed E-state index contributed by atoms with van der Waals surface area (Å²) in [6, 6.07) is 15.2. The van der Waals surface area contributed by atoms with Gasteiger partial charge in [-0.05, 0) is 24.3 Å². The highest BCUT2D eigenvalue weighted by Gasteiger charge is 2.13. The molecular formula is C16H14N2O4. The number of nitro benzene ring substituents is 1. The number of ether oxygens (including phenoxy) is 2. The summed E-state index contributed by atoms with van der Waals surface area (Å²) in [4.78, 5) is 10.4. The van der Waals surface area contributed by atoms with E-state index in [1.165, 1.54) is 6.07 Å². The first-order valence-corrected chi connectivity index (χ1v) is 6.70. The zero-order chi connectivity index (χ0) is 15.8. The van der Waals surface area contributed by atoms with Crippen LogP contribution < -0.4 is 9.47 Å². The van der Waals surface area contributed by atoms with Gasteiger partial charge in [-0.25, -0.2) is 0 Å². The van der Waals surface area contributed by atoms with Gasteiger partial charge in [-0.2, -0.15) is 5.26 Å². The zero-order valence-corrected chi connectivity index (χ0v) is 11.8. The number of para-hydroxylation sites is 2. The fourth-order valence-corrected chi connectivity index (χ4v) is 1.82. The fourth-order valence-electron chi connectivity index (χ4n) is 1.82. The molecule has 0 amide bonds. The van der Waals surface area contributed by atoms with Crippen LogP contribution in [0.25, 0.3) is 0 Å². The first kappa shape index (κ1) is 15.3. The second-order valence-electron chi connectivity index (χ2n) is 4.41. The highest BCUT2D eigenvalue weighted by molar-refractivity contribution is 5.45. The molecule has 22 heavy (non-hydrogen) atoms. The van der Waals surface area contributed by atoms with Crippen molar-refractivity contribution in [2.75, 3.05) is 13.2 Å². The van der Waals surface area contributed by atoms with E-state index in [-0.39, 0.29) is 11.4 Å². The van der Waals surface area contributed by atoms with E-state index >= 15 is 0 Å². The molecule has 0 fully saturated rings. The summed E-state index contributed by atoms with van der Waals surface area (Å²) in [5.41, 5.74) is 0.485. The SMILES string of the molecule is N#Cc1cccc(OCCCOc2ccccc2[N+](=O)[O-])c1. The number of nitrogens with zero attached hydrogens (tertiary/aromatic N) is 2. The maximum Gasteiger partial charge on any atom is 0.310 e. The molecule has 0 spiro atoms. The molecule has 2 aromatic rings. The Labute approximate surface area is 127 Å². The van der Waals surface area contributed by atoms with Crippen LogP contribution >= 0.6 is 0 Å². The second kappa shape index (κ2) is 7.64.